The molecule has 114 valence electrons. The minimum Gasteiger partial charge on any atom is -0.493 e. The van der Waals surface area contributed by atoms with Gasteiger partial charge in [0.25, 0.3) is 0 Å². The number of nitrogens with two attached hydrogens (primary N) is 1. The van der Waals surface area contributed by atoms with E-state index in [0.29, 0.717) is 0 Å². The lowest BCUT2D eigenvalue weighted by atomic mass is 10.0. The van der Waals surface area contributed by atoms with Crippen molar-refractivity contribution in [1.29, 1.82) is 0 Å². The molecule has 2 aromatic rings. The number of methoxy groups -OCH3 is 1. The number of hydrogen-bond donors (Lipinski definition) is 1. The van der Waals surface area contributed by atoms with Crippen molar-refractivity contribution in [2.45, 2.75) is 45.7 Å². The quantitative estimate of drug-likeness (QED) is 0.885. The molecule has 4 nitrogen and oxygen atoms in total. The molecule has 0 aliphatic carbocycles. The monoisotopic (exact) mass is 287 g/mol. The molecule has 0 aliphatic heterocycles. The van der Waals surface area contributed by atoms with Crippen molar-refractivity contribution in [3.63, 3.8) is 0 Å². The van der Waals surface area contributed by atoms with Crippen molar-refractivity contribution in [2.24, 2.45) is 5.73 Å². The Bertz CT molecular complexity index is 572. The highest BCUT2D eigenvalue weighted by Crippen LogP contribution is 2.28. The number of ether oxygens (including phenoxy) is 1. The summed E-state index contributed by atoms with van der Waals surface area (Å²) in [4.78, 5) is 0. The molecule has 1 aromatic carbocycles. The minimum atomic E-state index is -0.0776. The Kier molecular flexibility index (Phi) is 5.02. The van der Waals surface area contributed by atoms with Crippen LogP contribution in [0.1, 0.15) is 49.2 Å². The Hall–Kier alpha value is -1.81. The van der Waals surface area contributed by atoms with Gasteiger partial charge in [0, 0.05) is 6.04 Å². The van der Waals surface area contributed by atoms with Crippen LogP contribution in [0.2, 0.25) is 0 Å². The van der Waals surface area contributed by atoms with Crippen molar-refractivity contribution in [1.82, 2.24) is 9.78 Å². The van der Waals surface area contributed by atoms with Gasteiger partial charge in [0.2, 0.25) is 0 Å². The van der Waals surface area contributed by atoms with Crippen LogP contribution in [0.25, 0.3) is 0 Å². The van der Waals surface area contributed by atoms with Crippen molar-refractivity contribution < 1.29 is 4.74 Å². The van der Waals surface area contributed by atoms with Crippen molar-refractivity contribution in [3.05, 3.63) is 47.3 Å². The summed E-state index contributed by atoms with van der Waals surface area (Å²) in [7, 11) is 1.66. The van der Waals surface area contributed by atoms with E-state index in [4.69, 9.17) is 10.5 Å². The van der Waals surface area contributed by atoms with Gasteiger partial charge in [-0.05, 0) is 39.2 Å². The van der Waals surface area contributed by atoms with Crippen molar-refractivity contribution in [3.8, 4) is 5.75 Å². The minimum absolute atomic E-state index is 0.0776. The third-order valence-electron chi connectivity index (χ3n) is 3.72. The van der Waals surface area contributed by atoms with Crippen LogP contribution in [0.4, 0.5) is 0 Å². The molecule has 0 fully saturated rings. The molecule has 0 spiro atoms. The molecule has 1 aromatic heterocycles. The van der Waals surface area contributed by atoms with Crippen molar-refractivity contribution in [2.75, 3.05) is 7.11 Å². The van der Waals surface area contributed by atoms with E-state index in [1.54, 1.807) is 13.3 Å². The summed E-state index contributed by atoms with van der Waals surface area (Å²) in [5, 5.41) is 4.39. The third kappa shape index (κ3) is 3.64. The van der Waals surface area contributed by atoms with Gasteiger partial charge in [-0.25, -0.2) is 0 Å². The van der Waals surface area contributed by atoms with Gasteiger partial charge in [-0.1, -0.05) is 29.8 Å². The predicted molar refractivity (Wildman–Crippen MR) is 85.6 cm³/mol. The zero-order chi connectivity index (χ0) is 15.4. The highest BCUT2D eigenvalue weighted by molar-refractivity contribution is 5.29. The maximum absolute atomic E-state index is 6.39. The summed E-state index contributed by atoms with van der Waals surface area (Å²) in [5.41, 5.74) is 9.97. The molecule has 0 amide bonds. The number of rotatable bonds is 6. The van der Waals surface area contributed by atoms with Gasteiger partial charge in [0.1, 0.15) is 0 Å². The third-order valence-corrected chi connectivity index (χ3v) is 3.72. The molecule has 0 saturated carbocycles. The summed E-state index contributed by atoms with van der Waals surface area (Å²) in [5.74, 6) is 0.778. The van der Waals surface area contributed by atoms with Gasteiger partial charge in [-0.2, -0.15) is 5.10 Å². The first-order valence-corrected chi connectivity index (χ1v) is 7.45. The molecule has 1 heterocycles. The summed E-state index contributed by atoms with van der Waals surface area (Å²) in [6.07, 6.45) is 3.58. The van der Waals surface area contributed by atoms with Gasteiger partial charge in [0.15, 0.2) is 5.75 Å². The fourth-order valence-electron chi connectivity index (χ4n) is 2.49. The van der Waals surface area contributed by atoms with Crippen LogP contribution in [0.3, 0.4) is 0 Å². The van der Waals surface area contributed by atoms with Crippen LogP contribution in [-0.2, 0) is 6.42 Å². The summed E-state index contributed by atoms with van der Waals surface area (Å²) in [6.45, 7) is 6.30. The van der Waals surface area contributed by atoms with E-state index >= 15 is 0 Å². The molecule has 0 radical (unpaired) electrons. The van der Waals surface area contributed by atoms with E-state index in [-0.39, 0.29) is 12.1 Å². The van der Waals surface area contributed by atoms with E-state index in [0.717, 1.165) is 24.3 Å². The summed E-state index contributed by atoms with van der Waals surface area (Å²) >= 11 is 0. The molecule has 0 aliphatic rings. The average molecular weight is 287 g/mol. The Labute approximate surface area is 126 Å². The average Bonchev–Trinajstić information content (AvgIpc) is 2.90. The van der Waals surface area contributed by atoms with Crippen LogP contribution in [0.15, 0.2) is 30.5 Å². The molecular formula is C17H25N3O. The number of hydrogen-bond acceptors (Lipinski definition) is 3. The molecule has 1 atom stereocenters. The normalized spacial score (nSPS) is 12.7. The molecular weight excluding hydrogens is 262 g/mol. The van der Waals surface area contributed by atoms with Gasteiger partial charge in [-0.3, -0.25) is 4.68 Å². The lowest BCUT2D eigenvalue weighted by Gasteiger charge is -2.18. The molecule has 21 heavy (non-hydrogen) atoms. The maximum atomic E-state index is 6.39. The first-order chi connectivity index (χ1) is 10.0. The predicted octanol–water partition coefficient (Wildman–Crippen LogP) is 3.41. The number of aromatic nitrogens is 2. The summed E-state index contributed by atoms with van der Waals surface area (Å²) in [6, 6.07) is 8.80. The number of aryl methyl sites for hydroxylation is 2. The van der Waals surface area contributed by atoms with E-state index in [2.05, 4.69) is 50.1 Å². The van der Waals surface area contributed by atoms with Crippen LogP contribution >= 0.6 is 0 Å². The molecule has 4 heteroatoms. The molecule has 1 unspecified atom stereocenters. The van der Waals surface area contributed by atoms with E-state index < -0.39 is 0 Å². The fourth-order valence-corrected chi connectivity index (χ4v) is 2.49. The van der Waals surface area contributed by atoms with Gasteiger partial charge in [0.05, 0.1) is 25.0 Å². The SMILES string of the molecule is COc1cnn(C(C)C)c1C(N)CCc1ccc(C)cc1. The molecule has 0 bridgehead atoms. The lowest BCUT2D eigenvalue weighted by Crippen LogP contribution is -2.19. The first-order valence-electron chi connectivity index (χ1n) is 7.45. The molecule has 2 N–H and O–H groups in total. The smallest absolute Gasteiger partial charge is 0.161 e. The highest BCUT2D eigenvalue weighted by atomic mass is 16.5. The standard InChI is InChI=1S/C17H25N3O/c1-12(2)20-17(16(21-4)11-19-20)15(18)10-9-14-7-5-13(3)6-8-14/h5-8,11-12,15H,9-10,18H2,1-4H3. The van der Waals surface area contributed by atoms with Crippen LogP contribution < -0.4 is 10.5 Å². The Morgan fingerprint density at radius 2 is 1.90 bits per heavy atom. The zero-order valence-electron chi connectivity index (χ0n) is 13.3. The Morgan fingerprint density at radius 3 is 2.48 bits per heavy atom. The molecule has 0 saturated heterocycles. The van der Waals surface area contributed by atoms with Gasteiger partial charge < -0.3 is 10.5 Å². The second kappa shape index (κ2) is 6.76. The van der Waals surface area contributed by atoms with Crippen molar-refractivity contribution >= 4 is 0 Å². The van der Waals surface area contributed by atoms with Crippen LogP contribution in [0.5, 0.6) is 5.75 Å². The largest absolute Gasteiger partial charge is 0.493 e. The topological polar surface area (TPSA) is 53.1 Å². The fraction of sp³-hybridized carbons (Fsp3) is 0.471. The Balaban J connectivity index is 2.11. The van der Waals surface area contributed by atoms with E-state index in [1.807, 2.05) is 4.68 Å². The zero-order valence-corrected chi connectivity index (χ0v) is 13.3. The number of nitrogens with zero attached hydrogens (tertiary/aromatic N) is 2. The maximum Gasteiger partial charge on any atom is 0.161 e. The van der Waals surface area contributed by atoms with Crippen LogP contribution in [-0.4, -0.2) is 16.9 Å². The second-order valence-electron chi connectivity index (χ2n) is 5.77. The first kappa shape index (κ1) is 15.6. The lowest BCUT2D eigenvalue weighted by molar-refractivity contribution is 0.394. The van der Waals surface area contributed by atoms with Gasteiger partial charge in [-0.15, -0.1) is 0 Å². The molecule has 2 rings (SSSR count). The van der Waals surface area contributed by atoms with E-state index in [1.165, 1.54) is 11.1 Å². The second-order valence-corrected chi connectivity index (χ2v) is 5.77. The Morgan fingerprint density at radius 1 is 1.24 bits per heavy atom. The number of benzene rings is 1. The summed E-state index contributed by atoms with van der Waals surface area (Å²) < 4.78 is 7.36. The van der Waals surface area contributed by atoms with Crippen LogP contribution in [0, 0.1) is 6.92 Å². The highest BCUT2D eigenvalue weighted by Gasteiger charge is 2.20. The van der Waals surface area contributed by atoms with Gasteiger partial charge >= 0.3 is 0 Å². The van der Waals surface area contributed by atoms with E-state index in [9.17, 15) is 0 Å².